The quantitative estimate of drug-likeness (QED) is 0.197. The predicted molar refractivity (Wildman–Crippen MR) is 167 cm³/mol. The van der Waals surface area contributed by atoms with E-state index in [-0.39, 0.29) is 0 Å². The number of benzene rings is 3. The first-order valence-electron chi connectivity index (χ1n) is 12.7. The molecule has 0 amide bonds. The number of rotatable bonds is 6. The van der Waals surface area contributed by atoms with Crippen LogP contribution in [0.2, 0.25) is 0 Å². The lowest BCUT2D eigenvalue weighted by Gasteiger charge is -2.01. The molecule has 7 aromatic rings. The molecule has 7 rings (SSSR count). The molecule has 0 nitrogen and oxygen atoms in total. The summed E-state index contributed by atoms with van der Waals surface area (Å²) in [6, 6.07) is 28.1. The first-order chi connectivity index (χ1) is 17.7. The molecule has 0 aliphatic rings. The average molecular weight is 539 g/mol. The van der Waals surface area contributed by atoms with Crippen molar-refractivity contribution in [2.24, 2.45) is 0 Å². The third-order valence-electron chi connectivity index (χ3n) is 6.96. The van der Waals surface area contributed by atoms with Gasteiger partial charge in [0.25, 0.3) is 0 Å². The number of aryl methyl sites for hydroxylation is 2. The maximum absolute atomic E-state index is 2.47. The van der Waals surface area contributed by atoms with E-state index in [2.05, 4.69) is 86.6 Å². The van der Waals surface area contributed by atoms with Crippen molar-refractivity contribution in [2.75, 3.05) is 0 Å². The second-order valence-electron chi connectivity index (χ2n) is 9.55. The summed E-state index contributed by atoms with van der Waals surface area (Å²) < 4.78 is 8.52. The number of thiophene rings is 4. The summed E-state index contributed by atoms with van der Waals surface area (Å²) in [4.78, 5) is 2.75. The van der Waals surface area contributed by atoms with Crippen molar-refractivity contribution >= 4 is 84.3 Å². The summed E-state index contributed by atoms with van der Waals surface area (Å²) in [7, 11) is 0. The maximum Gasteiger partial charge on any atom is 0.0536 e. The Balaban J connectivity index is 1.30. The summed E-state index contributed by atoms with van der Waals surface area (Å²) in [6.07, 6.45) is 4.71. The molecule has 0 bridgehead atoms. The summed E-state index contributed by atoms with van der Waals surface area (Å²) in [5.41, 5.74) is 5.54. The molecule has 0 N–H and O–H groups in total. The van der Waals surface area contributed by atoms with Gasteiger partial charge in [-0.3, -0.25) is 0 Å². The van der Waals surface area contributed by atoms with Gasteiger partial charge >= 0.3 is 0 Å². The molecule has 0 saturated carbocycles. The highest BCUT2D eigenvalue weighted by Gasteiger charge is 2.16. The van der Waals surface area contributed by atoms with Gasteiger partial charge in [0, 0.05) is 39.3 Å². The van der Waals surface area contributed by atoms with Crippen LogP contribution in [0.3, 0.4) is 0 Å². The Morgan fingerprint density at radius 1 is 0.472 bits per heavy atom. The fourth-order valence-electron chi connectivity index (χ4n) is 5.13. The van der Waals surface area contributed by atoms with E-state index in [4.69, 9.17) is 0 Å². The lowest BCUT2D eigenvalue weighted by atomic mass is 10.1. The van der Waals surface area contributed by atoms with Crippen molar-refractivity contribution in [1.29, 1.82) is 0 Å². The van der Waals surface area contributed by atoms with Crippen LogP contribution in [0, 0.1) is 0 Å². The normalized spacial score (nSPS) is 12.1. The van der Waals surface area contributed by atoms with Gasteiger partial charge in [0.05, 0.1) is 9.40 Å². The fourth-order valence-corrected chi connectivity index (χ4v) is 10.3. The van der Waals surface area contributed by atoms with E-state index >= 15 is 0 Å². The molecule has 0 saturated heterocycles. The van der Waals surface area contributed by atoms with Gasteiger partial charge < -0.3 is 0 Å². The van der Waals surface area contributed by atoms with Gasteiger partial charge in [0.2, 0.25) is 0 Å². The van der Waals surface area contributed by atoms with Crippen LogP contribution in [0.1, 0.15) is 37.8 Å². The number of hydrogen-bond acceptors (Lipinski definition) is 4. The summed E-state index contributed by atoms with van der Waals surface area (Å²) >= 11 is 7.78. The third kappa shape index (κ3) is 3.83. The molecule has 0 aliphatic heterocycles. The van der Waals surface area contributed by atoms with Gasteiger partial charge in [-0.1, -0.05) is 75.2 Å². The molecule has 178 valence electrons. The SMILES string of the molecule is CCCc1ccc(-c2cc3sc4cc5sc6cc(-c7ccc(CCC)cc7)sc6c5cc4c3s2)cc1. The minimum absolute atomic E-state index is 1.16. The van der Waals surface area contributed by atoms with Crippen LogP contribution in [0.25, 0.3) is 59.9 Å². The zero-order valence-corrected chi connectivity index (χ0v) is 23.7. The molecule has 0 spiro atoms. The minimum atomic E-state index is 1.16. The van der Waals surface area contributed by atoms with E-state index in [0.717, 1.165) is 12.8 Å². The van der Waals surface area contributed by atoms with Crippen LogP contribution in [0.15, 0.2) is 72.8 Å². The Labute approximate surface area is 227 Å². The lowest BCUT2D eigenvalue weighted by Crippen LogP contribution is -1.82. The smallest absolute Gasteiger partial charge is 0.0536 e. The second kappa shape index (κ2) is 9.11. The Morgan fingerprint density at radius 3 is 1.33 bits per heavy atom. The fraction of sp³-hybridized carbons (Fsp3) is 0.188. The molecular weight excluding hydrogens is 513 g/mol. The Morgan fingerprint density at radius 2 is 0.917 bits per heavy atom. The van der Waals surface area contributed by atoms with Gasteiger partial charge in [-0.2, -0.15) is 0 Å². The van der Waals surface area contributed by atoms with E-state index in [1.165, 1.54) is 83.8 Å². The first kappa shape index (κ1) is 22.7. The predicted octanol–water partition coefficient (Wildman–Crippen LogP) is 11.8. The maximum atomic E-state index is 2.47. The monoisotopic (exact) mass is 538 g/mol. The van der Waals surface area contributed by atoms with Crippen LogP contribution in [-0.2, 0) is 12.8 Å². The van der Waals surface area contributed by atoms with Crippen LogP contribution in [0.4, 0.5) is 0 Å². The van der Waals surface area contributed by atoms with E-state index in [9.17, 15) is 0 Å². The van der Waals surface area contributed by atoms with Crippen molar-refractivity contribution in [3.05, 3.63) is 83.9 Å². The molecule has 4 heterocycles. The molecule has 0 radical (unpaired) electrons. The van der Waals surface area contributed by atoms with E-state index < -0.39 is 0 Å². The Bertz CT molecular complexity index is 1700. The first-order valence-corrected chi connectivity index (χ1v) is 16.0. The molecule has 3 aromatic carbocycles. The van der Waals surface area contributed by atoms with Gasteiger partial charge in [0.1, 0.15) is 0 Å². The molecule has 36 heavy (non-hydrogen) atoms. The van der Waals surface area contributed by atoms with Crippen molar-refractivity contribution in [2.45, 2.75) is 39.5 Å². The van der Waals surface area contributed by atoms with Crippen molar-refractivity contribution in [1.82, 2.24) is 0 Å². The Hall–Kier alpha value is -2.50. The summed E-state index contributed by atoms with van der Waals surface area (Å²) in [6.45, 7) is 4.48. The topological polar surface area (TPSA) is 0 Å². The van der Waals surface area contributed by atoms with Crippen molar-refractivity contribution in [3.63, 3.8) is 0 Å². The van der Waals surface area contributed by atoms with Crippen LogP contribution >= 0.6 is 45.3 Å². The molecule has 0 aliphatic carbocycles. The van der Waals surface area contributed by atoms with E-state index in [1.54, 1.807) is 0 Å². The molecule has 4 heteroatoms. The van der Waals surface area contributed by atoms with Crippen LogP contribution in [-0.4, -0.2) is 0 Å². The molecule has 0 unspecified atom stereocenters. The summed E-state index contributed by atoms with van der Waals surface area (Å²) in [5.74, 6) is 0. The van der Waals surface area contributed by atoms with Crippen molar-refractivity contribution in [3.8, 4) is 20.9 Å². The zero-order chi connectivity index (χ0) is 24.2. The largest absolute Gasteiger partial charge is 0.134 e. The standard InChI is InChI=1S/C32H26S4/c1-3-5-19-7-11-21(12-8-19)25-16-29-31(35-25)23-15-24-28(18-27(23)33-29)34-30-17-26(36-32(24)30)22-13-9-20(6-4-2)10-14-22/h7-18H,3-6H2,1-2H3. The summed E-state index contributed by atoms with van der Waals surface area (Å²) in [5, 5.41) is 2.83. The third-order valence-corrected chi connectivity index (χ3v) is 11.9. The number of hydrogen-bond donors (Lipinski definition) is 0. The van der Waals surface area contributed by atoms with E-state index in [0.29, 0.717) is 0 Å². The Kier molecular flexibility index (Phi) is 5.74. The highest BCUT2D eigenvalue weighted by Crippen LogP contribution is 2.48. The second-order valence-corrected chi connectivity index (χ2v) is 13.8. The number of fused-ring (bicyclic) bond motifs is 6. The van der Waals surface area contributed by atoms with Gasteiger partial charge in [-0.25, -0.2) is 0 Å². The van der Waals surface area contributed by atoms with Crippen LogP contribution in [0.5, 0.6) is 0 Å². The van der Waals surface area contributed by atoms with Gasteiger partial charge in [0.15, 0.2) is 0 Å². The lowest BCUT2D eigenvalue weighted by molar-refractivity contribution is 0.922. The molecule has 4 aromatic heterocycles. The molecular formula is C32H26S4. The van der Waals surface area contributed by atoms with E-state index in [1.807, 2.05) is 45.3 Å². The molecule has 0 fully saturated rings. The zero-order valence-electron chi connectivity index (χ0n) is 20.4. The average Bonchev–Trinajstić information content (AvgIpc) is 3.63. The van der Waals surface area contributed by atoms with Gasteiger partial charge in [-0.05, 0) is 59.4 Å². The van der Waals surface area contributed by atoms with Crippen LogP contribution < -0.4 is 0 Å². The minimum Gasteiger partial charge on any atom is -0.134 e. The highest BCUT2D eigenvalue weighted by molar-refractivity contribution is 7.35. The highest BCUT2D eigenvalue weighted by atomic mass is 32.1. The molecule has 0 atom stereocenters. The van der Waals surface area contributed by atoms with Gasteiger partial charge in [-0.15, -0.1) is 45.3 Å². The van der Waals surface area contributed by atoms with Crippen molar-refractivity contribution < 1.29 is 0 Å².